The molecule has 0 aromatic heterocycles. The molecule has 0 fully saturated rings. The lowest BCUT2D eigenvalue weighted by Gasteiger charge is -1.94. The molecule has 0 unspecified atom stereocenters. The fourth-order valence-corrected chi connectivity index (χ4v) is 1.20. The second-order valence-corrected chi connectivity index (χ2v) is 4.19. The van der Waals surface area contributed by atoms with E-state index in [4.69, 9.17) is 9.66 Å². The zero-order valence-corrected chi connectivity index (χ0v) is 8.04. The van der Waals surface area contributed by atoms with Crippen LogP contribution in [-0.2, 0) is 14.9 Å². The SMILES string of the molecule is CC(=CCCCS(=O)(=O)O)C(=O)O. The fraction of sp³-hybridized carbons (Fsp3) is 0.571. The van der Waals surface area contributed by atoms with Crippen molar-refractivity contribution in [2.45, 2.75) is 19.8 Å². The molecule has 0 aromatic carbocycles. The van der Waals surface area contributed by atoms with Crippen LogP contribution in [0.5, 0.6) is 0 Å². The molecule has 0 aromatic rings. The van der Waals surface area contributed by atoms with Crippen molar-refractivity contribution < 1.29 is 22.9 Å². The van der Waals surface area contributed by atoms with E-state index < -0.39 is 16.1 Å². The van der Waals surface area contributed by atoms with Crippen molar-refractivity contribution in [2.75, 3.05) is 5.75 Å². The lowest BCUT2D eigenvalue weighted by Crippen LogP contribution is -2.03. The molecule has 6 heteroatoms. The first-order valence-electron chi connectivity index (χ1n) is 3.68. The fourth-order valence-electron chi connectivity index (χ4n) is 0.672. The zero-order valence-electron chi connectivity index (χ0n) is 7.23. The van der Waals surface area contributed by atoms with E-state index in [0.29, 0.717) is 6.42 Å². The van der Waals surface area contributed by atoms with Crippen molar-refractivity contribution in [2.24, 2.45) is 0 Å². The third kappa shape index (κ3) is 7.48. The van der Waals surface area contributed by atoms with Crippen molar-refractivity contribution in [3.63, 3.8) is 0 Å². The average molecular weight is 208 g/mol. The van der Waals surface area contributed by atoms with E-state index in [1.165, 1.54) is 13.0 Å². The quantitative estimate of drug-likeness (QED) is 0.394. The maximum atomic E-state index is 10.3. The van der Waals surface area contributed by atoms with Gasteiger partial charge in [0.05, 0.1) is 5.75 Å². The number of carboxylic acid groups (broad SMARTS) is 1. The summed E-state index contributed by atoms with van der Waals surface area (Å²) in [6, 6.07) is 0. The van der Waals surface area contributed by atoms with E-state index in [2.05, 4.69) is 0 Å². The summed E-state index contributed by atoms with van der Waals surface area (Å²) in [7, 11) is -3.92. The predicted molar refractivity (Wildman–Crippen MR) is 47.0 cm³/mol. The first-order valence-corrected chi connectivity index (χ1v) is 5.29. The molecule has 0 rings (SSSR count). The summed E-state index contributed by atoms with van der Waals surface area (Å²) in [5.41, 5.74) is 0.176. The molecule has 0 aliphatic rings. The summed E-state index contributed by atoms with van der Waals surface area (Å²) in [5.74, 6) is -1.36. The molecule has 0 radical (unpaired) electrons. The molecule has 76 valence electrons. The van der Waals surface area contributed by atoms with Crippen molar-refractivity contribution in [3.05, 3.63) is 11.6 Å². The van der Waals surface area contributed by atoms with Crippen LogP contribution in [0.4, 0.5) is 0 Å². The third-order valence-corrected chi connectivity index (χ3v) is 2.20. The van der Waals surface area contributed by atoms with Gasteiger partial charge in [0.2, 0.25) is 0 Å². The molecule has 0 bridgehead atoms. The number of carboxylic acids is 1. The van der Waals surface area contributed by atoms with Crippen molar-refractivity contribution in [3.8, 4) is 0 Å². The van der Waals surface area contributed by atoms with E-state index in [-0.39, 0.29) is 17.7 Å². The number of carbonyl (C=O) groups is 1. The van der Waals surface area contributed by atoms with Gasteiger partial charge < -0.3 is 5.11 Å². The van der Waals surface area contributed by atoms with E-state index in [0.717, 1.165) is 0 Å². The number of unbranched alkanes of at least 4 members (excludes halogenated alkanes) is 1. The van der Waals surface area contributed by atoms with Gasteiger partial charge in [0.1, 0.15) is 0 Å². The van der Waals surface area contributed by atoms with Gasteiger partial charge in [-0.3, -0.25) is 4.55 Å². The first-order chi connectivity index (χ1) is 5.83. The number of hydrogen-bond acceptors (Lipinski definition) is 3. The highest BCUT2D eigenvalue weighted by Crippen LogP contribution is 2.00. The third-order valence-electron chi connectivity index (χ3n) is 1.39. The number of hydrogen-bond donors (Lipinski definition) is 2. The molecular weight excluding hydrogens is 196 g/mol. The summed E-state index contributed by atoms with van der Waals surface area (Å²) < 4.78 is 28.8. The van der Waals surface area contributed by atoms with E-state index in [1.54, 1.807) is 0 Å². The molecule has 0 saturated carbocycles. The van der Waals surface area contributed by atoms with Gasteiger partial charge in [0, 0.05) is 5.57 Å². The molecule has 0 atom stereocenters. The maximum absolute atomic E-state index is 10.3. The second-order valence-electron chi connectivity index (χ2n) is 2.62. The number of allylic oxidation sites excluding steroid dienone is 1. The Morgan fingerprint density at radius 3 is 2.38 bits per heavy atom. The molecule has 0 heterocycles. The van der Waals surface area contributed by atoms with Crippen LogP contribution in [0.3, 0.4) is 0 Å². The molecule has 0 amide bonds. The Kier molecular flexibility index (Phi) is 4.64. The van der Waals surface area contributed by atoms with Gasteiger partial charge in [-0.15, -0.1) is 0 Å². The Hall–Kier alpha value is -0.880. The van der Waals surface area contributed by atoms with Crippen LogP contribution in [0.2, 0.25) is 0 Å². The Bertz CT molecular complexity index is 301. The van der Waals surface area contributed by atoms with Crippen LogP contribution in [0.1, 0.15) is 19.8 Å². The van der Waals surface area contributed by atoms with Crippen LogP contribution in [0.25, 0.3) is 0 Å². The van der Waals surface area contributed by atoms with Crippen molar-refractivity contribution in [1.29, 1.82) is 0 Å². The molecule has 0 saturated heterocycles. The molecule has 2 N–H and O–H groups in total. The summed E-state index contributed by atoms with van der Waals surface area (Å²) in [6.07, 6.45) is 1.98. The Morgan fingerprint density at radius 2 is 2.00 bits per heavy atom. The first kappa shape index (κ1) is 12.1. The highest BCUT2D eigenvalue weighted by Gasteiger charge is 2.03. The van der Waals surface area contributed by atoms with E-state index in [9.17, 15) is 13.2 Å². The summed E-state index contributed by atoms with van der Waals surface area (Å²) in [6.45, 7) is 1.43. The standard InChI is InChI=1S/C7H12O5S/c1-6(7(8)9)4-2-3-5-13(10,11)12/h4H,2-3,5H2,1H3,(H,8,9)(H,10,11,12). The van der Waals surface area contributed by atoms with E-state index >= 15 is 0 Å². The molecule has 5 nitrogen and oxygen atoms in total. The predicted octanol–water partition coefficient (Wildman–Crippen LogP) is 0.685. The van der Waals surface area contributed by atoms with Gasteiger partial charge in [0.15, 0.2) is 0 Å². The Morgan fingerprint density at radius 1 is 1.46 bits per heavy atom. The van der Waals surface area contributed by atoms with Crippen LogP contribution in [-0.4, -0.2) is 29.8 Å². The highest BCUT2D eigenvalue weighted by molar-refractivity contribution is 7.85. The van der Waals surface area contributed by atoms with Gasteiger partial charge >= 0.3 is 5.97 Å². The highest BCUT2D eigenvalue weighted by atomic mass is 32.2. The molecule has 0 aliphatic heterocycles. The van der Waals surface area contributed by atoms with Crippen molar-refractivity contribution in [1.82, 2.24) is 0 Å². The molecule has 0 aliphatic carbocycles. The minimum absolute atomic E-state index is 0.176. The second kappa shape index (κ2) is 4.98. The monoisotopic (exact) mass is 208 g/mol. The topological polar surface area (TPSA) is 91.7 Å². The van der Waals surface area contributed by atoms with Crippen LogP contribution in [0, 0.1) is 0 Å². The van der Waals surface area contributed by atoms with Gasteiger partial charge in [0.25, 0.3) is 10.1 Å². The van der Waals surface area contributed by atoms with Crippen LogP contribution in [0.15, 0.2) is 11.6 Å². The maximum Gasteiger partial charge on any atom is 0.330 e. The lowest BCUT2D eigenvalue weighted by atomic mass is 10.2. The Balaban J connectivity index is 3.81. The van der Waals surface area contributed by atoms with Gasteiger partial charge in [-0.1, -0.05) is 6.08 Å². The molecular formula is C7H12O5S. The van der Waals surface area contributed by atoms with E-state index in [1.807, 2.05) is 0 Å². The smallest absolute Gasteiger partial charge is 0.330 e. The minimum Gasteiger partial charge on any atom is -0.478 e. The van der Waals surface area contributed by atoms with Gasteiger partial charge in [-0.05, 0) is 19.8 Å². The summed E-state index contributed by atoms with van der Waals surface area (Å²) in [4.78, 5) is 10.3. The van der Waals surface area contributed by atoms with Gasteiger partial charge in [-0.25, -0.2) is 4.79 Å². The number of aliphatic carboxylic acids is 1. The van der Waals surface area contributed by atoms with Crippen LogP contribution >= 0.6 is 0 Å². The van der Waals surface area contributed by atoms with Crippen LogP contribution < -0.4 is 0 Å². The summed E-state index contributed by atoms with van der Waals surface area (Å²) in [5, 5.41) is 8.41. The minimum atomic E-state index is -3.92. The zero-order chi connectivity index (χ0) is 10.5. The molecule has 0 spiro atoms. The van der Waals surface area contributed by atoms with Gasteiger partial charge in [-0.2, -0.15) is 8.42 Å². The molecule has 13 heavy (non-hydrogen) atoms. The average Bonchev–Trinajstić information content (AvgIpc) is 1.95. The normalized spacial score (nSPS) is 12.9. The summed E-state index contributed by atoms with van der Waals surface area (Å²) >= 11 is 0. The van der Waals surface area contributed by atoms with Crippen molar-refractivity contribution >= 4 is 16.1 Å². The number of rotatable bonds is 5. The largest absolute Gasteiger partial charge is 0.478 e. The Labute approximate surface area is 76.8 Å². The lowest BCUT2D eigenvalue weighted by molar-refractivity contribution is -0.132.